The number of benzene rings is 2. The number of amides is 1. The summed E-state index contributed by atoms with van der Waals surface area (Å²) >= 11 is 0. The summed E-state index contributed by atoms with van der Waals surface area (Å²) in [5.74, 6) is 0.519. The van der Waals surface area contributed by atoms with Crippen LogP contribution < -0.4 is 15.8 Å². The van der Waals surface area contributed by atoms with Crippen molar-refractivity contribution in [3.63, 3.8) is 0 Å². The largest absolute Gasteiger partial charge is 0.496 e. The van der Waals surface area contributed by atoms with Gasteiger partial charge in [-0.3, -0.25) is 9.20 Å². The first kappa shape index (κ1) is 21.6. The molecule has 0 radical (unpaired) electrons. The summed E-state index contributed by atoms with van der Waals surface area (Å²) in [6.45, 7) is 0.281. The van der Waals surface area contributed by atoms with E-state index < -0.39 is 11.7 Å². The molecule has 1 aliphatic carbocycles. The molecule has 0 aliphatic heterocycles. The van der Waals surface area contributed by atoms with E-state index in [-0.39, 0.29) is 12.1 Å². The molecule has 34 heavy (non-hydrogen) atoms. The number of ether oxygens (including phenoxy) is 1. The summed E-state index contributed by atoms with van der Waals surface area (Å²) in [7, 11) is 1.44. The van der Waals surface area contributed by atoms with Crippen molar-refractivity contribution >= 4 is 22.9 Å². The van der Waals surface area contributed by atoms with E-state index in [1.54, 1.807) is 6.20 Å². The standard InChI is InChI=1S/C26H24FN5O2/c1-34-22-11-10-19(27)14-20(22)25(33)30-15-16-6-8-18(9-7-16)24-31-23(17-4-2-3-5-17)21-12-13-29-26(28)32(21)24/h4,6-14H,2-3,5,15H2,1H3,(H2,28,29)(H,30,33). The Morgan fingerprint density at radius 2 is 2.03 bits per heavy atom. The number of carbonyl (C=O) groups excluding carboxylic acids is 1. The van der Waals surface area contributed by atoms with Gasteiger partial charge in [-0.1, -0.05) is 30.3 Å². The zero-order chi connectivity index (χ0) is 23.7. The zero-order valence-electron chi connectivity index (χ0n) is 18.7. The van der Waals surface area contributed by atoms with E-state index >= 15 is 0 Å². The van der Waals surface area contributed by atoms with Crippen molar-refractivity contribution in [3.05, 3.63) is 83.4 Å². The Kier molecular flexibility index (Phi) is 5.71. The van der Waals surface area contributed by atoms with Crippen molar-refractivity contribution in [1.82, 2.24) is 19.7 Å². The molecule has 172 valence electrons. The minimum absolute atomic E-state index is 0.152. The molecule has 0 saturated heterocycles. The van der Waals surface area contributed by atoms with Crippen molar-refractivity contribution in [2.24, 2.45) is 0 Å². The zero-order valence-corrected chi connectivity index (χ0v) is 18.7. The van der Waals surface area contributed by atoms with Crippen molar-refractivity contribution in [2.45, 2.75) is 25.8 Å². The highest BCUT2D eigenvalue weighted by Gasteiger charge is 2.19. The first-order chi connectivity index (χ1) is 16.5. The third kappa shape index (κ3) is 3.98. The Balaban J connectivity index is 1.39. The predicted molar refractivity (Wildman–Crippen MR) is 129 cm³/mol. The molecular weight excluding hydrogens is 433 g/mol. The lowest BCUT2D eigenvalue weighted by Gasteiger charge is -2.10. The SMILES string of the molecule is COc1ccc(F)cc1C(=O)NCc1ccc(-c2nc(C3=CCCC3)c3ccnc(N)n23)cc1. The Labute approximate surface area is 196 Å². The van der Waals surface area contributed by atoms with Gasteiger partial charge in [-0.15, -0.1) is 0 Å². The molecule has 2 heterocycles. The van der Waals surface area contributed by atoms with Crippen molar-refractivity contribution in [3.8, 4) is 17.1 Å². The average Bonchev–Trinajstić information content (AvgIpc) is 3.52. The number of hydrogen-bond donors (Lipinski definition) is 2. The highest BCUT2D eigenvalue weighted by Crippen LogP contribution is 2.33. The Bertz CT molecular complexity index is 1410. The summed E-state index contributed by atoms with van der Waals surface area (Å²) in [6.07, 6.45) is 7.14. The van der Waals surface area contributed by atoms with Crippen LogP contribution in [-0.2, 0) is 6.54 Å². The van der Waals surface area contributed by atoms with Crippen molar-refractivity contribution in [2.75, 3.05) is 12.8 Å². The van der Waals surface area contributed by atoms with Gasteiger partial charge in [0.05, 0.1) is 23.9 Å². The lowest BCUT2D eigenvalue weighted by atomic mass is 10.1. The van der Waals surface area contributed by atoms with E-state index in [1.165, 1.54) is 24.8 Å². The number of imidazole rings is 1. The van der Waals surface area contributed by atoms with Gasteiger partial charge in [0.15, 0.2) is 0 Å². The Morgan fingerprint density at radius 3 is 2.76 bits per heavy atom. The molecule has 0 bridgehead atoms. The van der Waals surface area contributed by atoms with Crippen LogP contribution in [0, 0.1) is 5.82 Å². The molecule has 0 saturated carbocycles. The number of aromatic nitrogens is 3. The number of nitrogens with two attached hydrogens (primary N) is 1. The third-order valence-electron chi connectivity index (χ3n) is 6.00. The van der Waals surface area contributed by atoms with Gasteiger partial charge in [0.2, 0.25) is 5.95 Å². The molecule has 1 aliphatic rings. The molecule has 7 nitrogen and oxygen atoms in total. The molecule has 5 rings (SSSR count). The monoisotopic (exact) mass is 457 g/mol. The number of hydrogen-bond acceptors (Lipinski definition) is 5. The molecule has 8 heteroatoms. The van der Waals surface area contributed by atoms with Crippen LogP contribution in [0.5, 0.6) is 5.75 Å². The molecule has 4 aromatic rings. The third-order valence-corrected chi connectivity index (χ3v) is 6.00. The molecule has 2 aromatic heterocycles. The number of methoxy groups -OCH3 is 1. The van der Waals surface area contributed by atoms with Crippen LogP contribution in [0.4, 0.5) is 10.3 Å². The molecule has 0 unspecified atom stereocenters. The molecule has 0 spiro atoms. The van der Waals surface area contributed by atoms with Gasteiger partial charge < -0.3 is 15.8 Å². The maximum absolute atomic E-state index is 13.6. The van der Waals surface area contributed by atoms with Crippen LogP contribution >= 0.6 is 0 Å². The van der Waals surface area contributed by atoms with E-state index in [0.717, 1.165) is 53.5 Å². The number of halogens is 1. The van der Waals surface area contributed by atoms with Crippen LogP contribution in [0.15, 0.2) is 60.8 Å². The summed E-state index contributed by atoms with van der Waals surface area (Å²) in [6, 6.07) is 13.5. The summed E-state index contributed by atoms with van der Waals surface area (Å²) in [4.78, 5) is 21.7. The highest BCUT2D eigenvalue weighted by atomic mass is 19.1. The molecule has 1 amide bonds. The predicted octanol–water partition coefficient (Wildman–Crippen LogP) is 4.62. The van der Waals surface area contributed by atoms with E-state index in [9.17, 15) is 9.18 Å². The van der Waals surface area contributed by atoms with Crippen LogP contribution in [0.1, 0.15) is 40.9 Å². The van der Waals surface area contributed by atoms with Crippen LogP contribution in [-0.4, -0.2) is 27.4 Å². The first-order valence-electron chi connectivity index (χ1n) is 11.1. The van der Waals surface area contributed by atoms with Gasteiger partial charge in [-0.2, -0.15) is 0 Å². The fourth-order valence-electron chi connectivity index (χ4n) is 4.28. The van der Waals surface area contributed by atoms with E-state index in [4.69, 9.17) is 15.5 Å². The van der Waals surface area contributed by atoms with Gasteiger partial charge >= 0.3 is 0 Å². The fraction of sp³-hybridized carbons (Fsp3) is 0.192. The first-order valence-corrected chi connectivity index (χ1v) is 11.1. The fourth-order valence-corrected chi connectivity index (χ4v) is 4.28. The Morgan fingerprint density at radius 1 is 1.21 bits per heavy atom. The van der Waals surface area contributed by atoms with Crippen LogP contribution in [0.2, 0.25) is 0 Å². The average molecular weight is 458 g/mol. The minimum atomic E-state index is -0.497. The number of nitrogens with one attached hydrogen (secondary N) is 1. The number of carbonyl (C=O) groups is 1. The highest BCUT2D eigenvalue weighted by molar-refractivity contribution is 5.96. The molecule has 0 fully saturated rings. The number of fused-ring (bicyclic) bond motifs is 1. The number of nitrogen functional groups attached to an aromatic ring is 1. The second-order valence-corrected chi connectivity index (χ2v) is 8.15. The normalized spacial score (nSPS) is 13.2. The molecule has 0 atom stereocenters. The minimum Gasteiger partial charge on any atom is -0.496 e. The summed E-state index contributed by atoms with van der Waals surface area (Å²) in [5.41, 5.74) is 11.3. The lowest BCUT2D eigenvalue weighted by Crippen LogP contribution is -2.23. The lowest BCUT2D eigenvalue weighted by molar-refractivity contribution is 0.0947. The van der Waals surface area contributed by atoms with Gasteiger partial charge in [0.1, 0.15) is 17.4 Å². The van der Waals surface area contributed by atoms with Crippen molar-refractivity contribution in [1.29, 1.82) is 0 Å². The number of nitrogens with zero attached hydrogens (tertiary/aromatic N) is 3. The van der Waals surface area contributed by atoms with Gasteiger partial charge in [-0.25, -0.2) is 14.4 Å². The second kappa shape index (κ2) is 8.97. The maximum atomic E-state index is 13.6. The van der Waals surface area contributed by atoms with E-state index in [1.807, 2.05) is 34.7 Å². The number of anilines is 1. The van der Waals surface area contributed by atoms with E-state index in [2.05, 4.69) is 16.4 Å². The molecule has 2 aromatic carbocycles. The maximum Gasteiger partial charge on any atom is 0.255 e. The van der Waals surface area contributed by atoms with Crippen molar-refractivity contribution < 1.29 is 13.9 Å². The second-order valence-electron chi connectivity index (χ2n) is 8.15. The summed E-state index contributed by atoms with van der Waals surface area (Å²) < 4.78 is 20.6. The van der Waals surface area contributed by atoms with Gasteiger partial charge in [0.25, 0.3) is 5.91 Å². The molecular formula is C26H24FN5O2. The smallest absolute Gasteiger partial charge is 0.255 e. The topological polar surface area (TPSA) is 94.5 Å². The van der Waals surface area contributed by atoms with Crippen LogP contribution in [0.25, 0.3) is 22.5 Å². The summed E-state index contributed by atoms with van der Waals surface area (Å²) in [5, 5.41) is 2.81. The quantitative estimate of drug-likeness (QED) is 0.440. The van der Waals surface area contributed by atoms with Gasteiger partial charge in [-0.05, 0) is 54.7 Å². The number of rotatable bonds is 6. The Hall–Kier alpha value is -4.20. The van der Waals surface area contributed by atoms with Gasteiger partial charge in [0, 0.05) is 18.3 Å². The van der Waals surface area contributed by atoms with Crippen LogP contribution in [0.3, 0.4) is 0 Å². The number of allylic oxidation sites excluding steroid dienone is 2. The molecule has 3 N–H and O–H groups in total. The van der Waals surface area contributed by atoms with E-state index in [0.29, 0.717) is 11.7 Å².